The molecule has 0 saturated heterocycles. The van der Waals surface area contributed by atoms with Crippen LogP contribution in [0.2, 0.25) is 0 Å². The largest absolute Gasteiger partial charge is 0.361 e. The highest BCUT2D eigenvalue weighted by atomic mass is 19.3. The fourth-order valence-electron chi connectivity index (χ4n) is 2.36. The summed E-state index contributed by atoms with van der Waals surface area (Å²) in [5.41, 5.74) is 6.50. The first-order valence-electron chi connectivity index (χ1n) is 6.17. The number of hydrogen-bond acceptors (Lipinski definition) is 4. The Morgan fingerprint density at radius 2 is 2.00 bits per heavy atom. The van der Waals surface area contributed by atoms with Crippen molar-refractivity contribution >= 4 is 10.9 Å². The molecule has 0 spiro atoms. The molecule has 0 bridgehead atoms. The van der Waals surface area contributed by atoms with Crippen LogP contribution in [0.25, 0.3) is 10.9 Å². The van der Waals surface area contributed by atoms with Crippen molar-refractivity contribution in [1.82, 2.24) is 15.6 Å². The van der Waals surface area contributed by atoms with E-state index in [2.05, 4.69) is 20.4 Å². The summed E-state index contributed by atoms with van der Waals surface area (Å²) in [6, 6.07) is 7.04. The van der Waals surface area contributed by atoms with Crippen LogP contribution in [0.5, 0.6) is 0 Å². The number of aromatic nitrogens is 1. The molecule has 0 fully saturated rings. The topological polar surface area (TPSA) is 75.1 Å². The van der Waals surface area contributed by atoms with Crippen LogP contribution in [-0.4, -0.2) is 17.6 Å². The molecule has 112 valence electrons. The molecule has 1 aromatic heterocycles. The average molecular weight is 298 g/mol. The minimum atomic E-state index is -3.16. The van der Waals surface area contributed by atoms with Gasteiger partial charge in [-0.15, -0.1) is 0 Å². The summed E-state index contributed by atoms with van der Waals surface area (Å²) in [4.78, 5) is 2.91. The zero-order valence-electron chi connectivity index (χ0n) is 10.7. The standard InChI is InChI=1S/C13H13F3N4O/c14-11(15)21-13(17)19-6-5-12(16,20-13)9-7-18-10-4-2-1-3-8(9)10/h1-7,11,18-20H,17H2. The summed E-state index contributed by atoms with van der Waals surface area (Å²) < 4.78 is 44.1. The number of fused-ring (bicyclic) bond motifs is 1. The molecule has 5 nitrogen and oxygen atoms in total. The van der Waals surface area contributed by atoms with E-state index in [1.807, 2.05) is 0 Å². The molecule has 2 heterocycles. The molecule has 5 N–H and O–H groups in total. The van der Waals surface area contributed by atoms with Gasteiger partial charge in [-0.2, -0.15) is 8.78 Å². The van der Waals surface area contributed by atoms with Crippen LogP contribution < -0.4 is 16.4 Å². The second-order valence-electron chi connectivity index (χ2n) is 4.68. The number of hydrogen-bond donors (Lipinski definition) is 4. The third-order valence-corrected chi connectivity index (χ3v) is 3.23. The smallest absolute Gasteiger partial charge is 0.349 e. The van der Waals surface area contributed by atoms with Crippen molar-refractivity contribution in [1.29, 1.82) is 0 Å². The Bertz CT molecular complexity index is 689. The van der Waals surface area contributed by atoms with E-state index in [0.29, 0.717) is 5.39 Å². The highest BCUT2D eigenvalue weighted by molar-refractivity contribution is 5.84. The monoisotopic (exact) mass is 298 g/mol. The molecule has 8 heteroatoms. The lowest BCUT2D eigenvalue weighted by molar-refractivity contribution is -0.241. The Morgan fingerprint density at radius 1 is 1.24 bits per heavy atom. The molecule has 2 unspecified atom stereocenters. The summed E-state index contributed by atoms with van der Waals surface area (Å²) in [5.74, 6) is -4.47. The zero-order chi connectivity index (χ0) is 15.1. The summed E-state index contributed by atoms with van der Waals surface area (Å²) in [7, 11) is 0. The van der Waals surface area contributed by atoms with E-state index in [4.69, 9.17) is 5.73 Å². The third-order valence-electron chi connectivity index (χ3n) is 3.23. The lowest BCUT2D eigenvalue weighted by Crippen LogP contribution is -2.70. The summed E-state index contributed by atoms with van der Waals surface area (Å²) in [6.07, 6.45) is 3.74. The molecule has 21 heavy (non-hydrogen) atoms. The molecular weight excluding hydrogens is 285 g/mol. The molecule has 2 aromatic rings. The Labute approximate surface area is 118 Å². The van der Waals surface area contributed by atoms with Gasteiger partial charge in [-0.05, 0) is 12.1 Å². The molecule has 1 aliphatic rings. The SMILES string of the molecule is NC1(OC(F)F)NC=CC(F)(c2c[nH]c3ccccc23)N1. The van der Waals surface area contributed by atoms with Gasteiger partial charge in [0.25, 0.3) is 5.97 Å². The second kappa shape index (κ2) is 4.76. The maximum Gasteiger partial charge on any atom is 0.349 e. The van der Waals surface area contributed by atoms with Crippen molar-refractivity contribution in [3.63, 3.8) is 0 Å². The highest BCUT2D eigenvalue weighted by Crippen LogP contribution is 2.34. The third kappa shape index (κ3) is 2.48. The van der Waals surface area contributed by atoms with Gasteiger partial charge < -0.3 is 10.3 Å². The van der Waals surface area contributed by atoms with E-state index < -0.39 is 18.4 Å². The quantitative estimate of drug-likeness (QED) is 0.515. The highest BCUT2D eigenvalue weighted by Gasteiger charge is 2.44. The van der Waals surface area contributed by atoms with E-state index in [1.54, 1.807) is 24.3 Å². The van der Waals surface area contributed by atoms with Crippen LogP contribution in [0.4, 0.5) is 13.2 Å². The number of nitrogens with one attached hydrogen (secondary N) is 3. The van der Waals surface area contributed by atoms with Crippen LogP contribution >= 0.6 is 0 Å². The van der Waals surface area contributed by atoms with Gasteiger partial charge in [0, 0.05) is 28.9 Å². The average Bonchev–Trinajstić information content (AvgIpc) is 2.81. The molecule has 0 amide bonds. The van der Waals surface area contributed by atoms with E-state index >= 15 is 4.39 Å². The number of benzene rings is 1. The first kappa shape index (κ1) is 13.9. The number of rotatable bonds is 3. The lowest BCUT2D eigenvalue weighted by atomic mass is 10.0. The first-order valence-corrected chi connectivity index (χ1v) is 6.17. The van der Waals surface area contributed by atoms with Gasteiger partial charge in [-0.25, -0.2) is 9.71 Å². The fraction of sp³-hybridized carbons (Fsp3) is 0.231. The minimum Gasteiger partial charge on any atom is -0.361 e. The number of ether oxygens (including phenoxy) is 1. The Hall–Kier alpha value is -2.03. The van der Waals surface area contributed by atoms with Crippen molar-refractivity contribution in [2.75, 3.05) is 0 Å². The van der Waals surface area contributed by atoms with Crippen molar-refractivity contribution in [2.45, 2.75) is 18.4 Å². The van der Waals surface area contributed by atoms with Crippen LogP contribution in [0, 0.1) is 0 Å². The number of nitrogens with two attached hydrogens (primary N) is 1. The molecule has 3 rings (SSSR count). The summed E-state index contributed by atoms with van der Waals surface area (Å²) in [6.45, 7) is -3.16. The number of aromatic amines is 1. The molecule has 0 saturated carbocycles. The van der Waals surface area contributed by atoms with Gasteiger partial charge in [0.2, 0.25) is 5.79 Å². The zero-order valence-corrected chi connectivity index (χ0v) is 10.7. The van der Waals surface area contributed by atoms with Gasteiger partial charge in [-0.3, -0.25) is 10.5 Å². The molecule has 0 radical (unpaired) electrons. The van der Waals surface area contributed by atoms with Crippen LogP contribution in [-0.2, 0) is 10.5 Å². The van der Waals surface area contributed by atoms with Gasteiger partial charge in [0.1, 0.15) is 0 Å². The summed E-state index contributed by atoms with van der Waals surface area (Å²) >= 11 is 0. The lowest BCUT2D eigenvalue weighted by Gasteiger charge is -2.39. The van der Waals surface area contributed by atoms with Crippen LogP contribution in [0.1, 0.15) is 5.56 Å². The minimum absolute atomic E-state index is 0.226. The van der Waals surface area contributed by atoms with Crippen LogP contribution in [0.15, 0.2) is 42.7 Å². The Morgan fingerprint density at radius 3 is 2.76 bits per heavy atom. The van der Waals surface area contributed by atoms with E-state index in [9.17, 15) is 8.78 Å². The van der Waals surface area contributed by atoms with Crippen molar-refractivity contribution < 1.29 is 17.9 Å². The molecule has 1 aliphatic heterocycles. The molecule has 0 aliphatic carbocycles. The van der Waals surface area contributed by atoms with E-state index in [1.165, 1.54) is 6.20 Å². The van der Waals surface area contributed by atoms with E-state index in [0.717, 1.165) is 17.8 Å². The van der Waals surface area contributed by atoms with Crippen LogP contribution in [0.3, 0.4) is 0 Å². The summed E-state index contributed by atoms with van der Waals surface area (Å²) in [5, 5.41) is 5.16. The molecule has 1 aromatic carbocycles. The predicted octanol–water partition coefficient (Wildman–Crippen LogP) is 1.81. The van der Waals surface area contributed by atoms with Gasteiger partial charge in [0.15, 0.2) is 0 Å². The fourth-order valence-corrected chi connectivity index (χ4v) is 2.36. The van der Waals surface area contributed by atoms with Gasteiger partial charge in [-0.1, -0.05) is 18.2 Å². The predicted molar refractivity (Wildman–Crippen MR) is 70.5 cm³/mol. The normalized spacial score (nSPS) is 29.0. The van der Waals surface area contributed by atoms with Crippen molar-refractivity contribution in [3.8, 4) is 0 Å². The number of alkyl halides is 3. The maximum atomic E-state index is 15.2. The first-order chi connectivity index (χ1) is 9.92. The second-order valence-corrected chi connectivity index (χ2v) is 4.68. The van der Waals surface area contributed by atoms with Crippen molar-refractivity contribution in [2.24, 2.45) is 5.73 Å². The van der Waals surface area contributed by atoms with Gasteiger partial charge >= 0.3 is 6.61 Å². The maximum absolute atomic E-state index is 15.2. The number of para-hydroxylation sites is 1. The Balaban J connectivity index is 2.00. The molecular formula is C13H13F3N4O. The van der Waals surface area contributed by atoms with Gasteiger partial charge in [0.05, 0.1) is 0 Å². The van der Waals surface area contributed by atoms with E-state index in [-0.39, 0.29) is 5.56 Å². The molecule has 2 atom stereocenters. The number of halogens is 3. The van der Waals surface area contributed by atoms with Crippen molar-refractivity contribution in [3.05, 3.63) is 48.3 Å². The number of H-pyrrole nitrogens is 1. The Kier molecular flexibility index (Phi) is 3.16.